The number of nitrogens with zero attached hydrogens (tertiary/aromatic N) is 1. The fourth-order valence-electron chi connectivity index (χ4n) is 2.51. The number of ether oxygens (including phenoxy) is 1. The van der Waals surface area contributed by atoms with Crippen molar-refractivity contribution in [2.45, 2.75) is 25.9 Å². The summed E-state index contributed by atoms with van der Waals surface area (Å²) in [7, 11) is 0. The summed E-state index contributed by atoms with van der Waals surface area (Å²) in [6.45, 7) is 4.40. The highest BCUT2D eigenvalue weighted by Gasteiger charge is 2.23. The van der Waals surface area contributed by atoms with Crippen molar-refractivity contribution in [2.24, 2.45) is 0 Å². The van der Waals surface area contributed by atoms with Gasteiger partial charge in [0, 0.05) is 23.2 Å². The van der Waals surface area contributed by atoms with E-state index in [1.807, 2.05) is 68.6 Å². The summed E-state index contributed by atoms with van der Waals surface area (Å²) in [6, 6.07) is 18.4. The predicted molar refractivity (Wildman–Crippen MR) is 87.7 cm³/mol. The van der Waals surface area contributed by atoms with Gasteiger partial charge in [-0.1, -0.05) is 30.3 Å². The molecule has 0 aliphatic carbocycles. The van der Waals surface area contributed by atoms with E-state index in [9.17, 15) is 5.26 Å². The lowest BCUT2D eigenvalue weighted by molar-refractivity contribution is 0.306. The Morgan fingerprint density at radius 3 is 2.64 bits per heavy atom. The standard InChI is InChI=1S/C19H18N2O/c1-19(2,13-20)17-11-21-18-10-15(8-9-16(17)18)22-12-14-6-4-3-5-7-14/h3-11,21H,12H2,1-2H3. The molecular formula is C19H18N2O. The van der Waals surface area contributed by atoms with Crippen LogP contribution in [-0.2, 0) is 12.0 Å². The number of nitrogens with one attached hydrogen (secondary N) is 1. The molecule has 1 heterocycles. The Balaban J connectivity index is 1.84. The number of aromatic nitrogens is 1. The molecule has 0 aliphatic heterocycles. The fourth-order valence-corrected chi connectivity index (χ4v) is 2.51. The van der Waals surface area contributed by atoms with Gasteiger partial charge in [-0.15, -0.1) is 0 Å². The average molecular weight is 290 g/mol. The van der Waals surface area contributed by atoms with Gasteiger partial charge in [0.05, 0.1) is 11.5 Å². The van der Waals surface area contributed by atoms with Crippen molar-refractivity contribution in [1.82, 2.24) is 4.98 Å². The molecule has 0 atom stereocenters. The molecular weight excluding hydrogens is 272 g/mol. The van der Waals surface area contributed by atoms with Crippen molar-refractivity contribution in [3.63, 3.8) is 0 Å². The second kappa shape index (κ2) is 5.57. The zero-order valence-electron chi connectivity index (χ0n) is 12.8. The number of aromatic amines is 1. The van der Waals surface area contributed by atoms with Gasteiger partial charge < -0.3 is 9.72 Å². The van der Waals surface area contributed by atoms with Crippen molar-refractivity contribution < 1.29 is 4.74 Å². The fraction of sp³-hybridized carbons (Fsp3) is 0.211. The first-order chi connectivity index (χ1) is 10.6. The summed E-state index contributed by atoms with van der Waals surface area (Å²) in [4.78, 5) is 3.24. The Bertz CT molecular complexity index is 826. The normalized spacial score (nSPS) is 11.3. The van der Waals surface area contributed by atoms with Gasteiger partial charge in [-0.2, -0.15) is 5.26 Å². The molecule has 0 amide bonds. The van der Waals surface area contributed by atoms with Crippen LogP contribution < -0.4 is 4.74 Å². The van der Waals surface area contributed by atoms with E-state index in [1.165, 1.54) is 0 Å². The molecule has 0 bridgehead atoms. The molecule has 0 saturated carbocycles. The largest absolute Gasteiger partial charge is 0.489 e. The Kier molecular flexibility index (Phi) is 3.60. The zero-order valence-corrected chi connectivity index (χ0v) is 12.8. The molecule has 110 valence electrons. The highest BCUT2D eigenvalue weighted by atomic mass is 16.5. The molecule has 0 spiro atoms. The van der Waals surface area contributed by atoms with Gasteiger partial charge in [-0.25, -0.2) is 0 Å². The van der Waals surface area contributed by atoms with Crippen LogP contribution in [0.3, 0.4) is 0 Å². The third kappa shape index (κ3) is 2.68. The maximum absolute atomic E-state index is 9.30. The van der Waals surface area contributed by atoms with Gasteiger partial charge in [0.15, 0.2) is 0 Å². The summed E-state index contributed by atoms with van der Waals surface area (Å²) in [6.07, 6.45) is 1.91. The lowest BCUT2D eigenvalue weighted by Crippen LogP contribution is -2.12. The second-order valence-electron chi connectivity index (χ2n) is 5.92. The number of benzene rings is 2. The summed E-state index contributed by atoms with van der Waals surface area (Å²) < 4.78 is 5.84. The summed E-state index contributed by atoms with van der Waals surface area (Å²) in [5.41, 5.74) is 2.63. The molecule has 0 unspecified atom stereocenters. The number of rotatable bonds is 4. The van der Waals surface area contributed by atoms with Gasteiger partial charge in [-0.05, 0) is 37.1 Å². The van der Waals surface area contributed by atoms with Gasteiger partial charge in [-0.3, -0.25) is 0 Å². The molecule has 0 radical (unpaired) electrons. The minimum atomic E-state index is -0.509. The third-order valence-electron chi connectivity index (χ3n) is 3.85. The average Bonchev–Trinajstić information content (AvgIpc) is 2.98. The van der Waals surface area contributed by atoms with Crippen LogP contribution in [0.25, 0.3) is 10.9 Å². The van der Waals surface area contributed by atoms with E-state index in [1.54, 1.807) is 0 Å². The number of hydrogen-bond donors (Lipinski definition) is 1. The van der Waals surface area contributed by atoms with E-state index in [0.29, 0.717) is 6.61 Å². The van der Waals surface area contributed by atoms with Crippen molar-refractivity contribution in [2.75, 3.05) is 0 Å². The van der Waals surface area contributed by atoms with Gasteiger partial charge >= 0.3 is 0 Å². The van der Waals surface area contributed by atoms with E-state index < -0.39 is 5.41 Å². The van der Waals surface area contributed by atoms with E-state index in [0.717, 1.165) is 27.8 Å². The maximum atomic E-state index is 9.30. The van der Waals surface area contributed by atoms with E-state index in [-0.39, 0.29) is 0 Å². The van der Waals surface area contributed by atoms with Crippen molar-refractivity contribution in [3.8, 4) is 11.8 Å². The van der Waals surface area contributed by atoms with Crippen molar-refractivity contribution in [1.29, 1.82) is 5.26 Å². The Labute approximate surface area is 130 Å². The second-order valence-corrected chi connectivity index (χ2v) is 5.92. The van der Waals surface area contributed by atoms with Crippen LogP contribution in [0, 0.1) is 11.3 Å². The van der Waals surface area contributed by atoms with Crippen LogP contribution >= 0.6 is 0 Å². The van der Waals surface area contributed by atoms with Crippen LogP contribution in [0.15, 0.2) is 54.7 Å². The van der Waals surface area contributed by atoms with Gasteiger partial charge in [0.2, 0.25) is 0 Å². The highest BCUT2D eigenvalue weighted by Crippen LogP contribution is 2.31. The Hall–Kier alpha value is -2.73. The maximum Gasteiger partial charge on any atom is 0.121 e. The number of nitriles is 1. The molecule has 1 N–H and O–H groups in total. The monoisotopic (exact) mass is 290 g/mol. The molecule has 22 heavy (non-hydrogen) atoms. The van der Waals surface area contributed by atoms with Gasteiger partial charge in [0.25, 0.3) is 0 Å². The Morgan fingerprint density at radius 2 is 1.91 bits per heavy atom. The molecule has 3 rings (SSSR count). The van der Waals surface area contributed by atoms with Crippen LogP contribution in [-0.4, -0.2) is 4.98 Å². The first kappa shape index (κ1) is 14.2. The van der Waals surface area contributed by atoms with E-state index >= 15 is 0 Å². The molecule has 3 heteroatoms. The molecule has 0 fully saturated rings. The summed E-state index contributed by atoms with van der Waals surface area (Å²) >= 11 is 0. The summed E-state index contributed by atoms with van der Waals surface area (Å²) in [5.74, 6) is 0.819. The minimum absolute atomic E-state index is 0.509. The number of hydrogen-bond acceptors (Lipinski definition) is 2. The third-order valence-corrected chi connectivity index (χ3v) is 3.85. The first-order valence-corrected chi connectivity index (χ1v) is 7.30. The highest BCUT2D eigenvalue weighted by molar-refractivity contribution is 5.86. The van der Waals surface area contributed by atoms with E-state index in [2.05, 4.69) is 11.1 Å². The molecule has 3 nitrogen and oxygen atoms in total. The van der Waals surface area contributed by atoms with Crippen LogP contribution in [0.4, 0.5) is 0 Å². The molecule has 0 saturated heterocycles. The number of H-pyrrole nitrogens is 1. The first-order valence-electron chi connectivity index (χ1n) is 7.30. The lowest BCUT2D eigenvalue weighted by Gasteiger charge is -2.14. The topological polar surface area (TPSA) is 48.8 Å². The predicted octanol–water partition coefficient (Wildman–Crippen LogP) is 4.55. The smallest absolute Gasteiger partial charge is 0.121 e. The lowest BCUT2D eigenvalue weighted by atomic mass is 9.86. The van der Waals surface area contributed by atoms with Crippen LogP contribution in [0.2, 0.25) is 0 Å². The summed E-state index contributed by atoms with van der Waals surface area (Å²) in [5, 5.41) is 10.4. The van der Waals surface area contributed by atoms with Gasteiger partial charge in [0.1, 0.15) is 12.4 Å². The van der Waals surface area contributed by atoms with Crippen LogP contribution in [0.1, 0.15) is 25.0 Å². The SMILES string of the molecule is CC(C)(C#N)c1c[nH]c2cc(OCc3ccccc3)ccc12. The Morgan fingerprint density at radius 1 is 1.14 bits per heavy atom. The molecule has 0 aliphatic rings. The molecule has 2 aromatic carbocycles. The van der Waals surface area contributed by atoms with E-state index in [4.69, 9.17) is 4.74 Å². The van der Waals surface area contributed by atoms with Crippen molar-refractivity contribution >= 4 is 10.9 Å². The van der Waals surface area contributed by atoms with Crippen molar-refractivity contribution in [3.05, 3.63) is 65.9 Å². The van der Waals surface area contributed by atoms with Crippen LogP contribution in [0.5, 0.6) is 5.75 Å². The molecule has 1 aromatic heterocycles. The quantitative estimate of drug-likeness (QED) is 0.766. The number of fused-ring (bicyclic) bond motifs is 1. The molecule has 3 aromatic rings. The minimum Gasteiger partial charge on any atom is -0.489 e. The zero-order chi connectivity index (χ0) is 15.6.